The Morgan fingerprint density at radius 2 is 1.59 bits per heavy atom. The molecule has 0 spiro atoms. The van der Waals surface area contributed by atoms with Crippen LogP contribution in [0.15, 0.2) is 79.7 Å². The zero-order valence-electron chi connectivity index (χ0n) is 25.3. The smallest absolute Gasteiger partial charge is 0.457 e. The fourth-order valence-electron chi connectivity index (χ4n) is 4.53. The minimum absolute atomic E-state index is 0. The third-order valence-corrected chi connectivity index (χ3v) is 6.57. The molecular formula is C30H44I6N6O2. The van der Waals surface area contributed by atoms with Crippen LogP contribution in [0.4, 0.5) is 0 Å². The first-order valence-electron chi connectivity index (χ1n) is 13.5. The molecule has 14 heteroatoms. The van der Waals surface area contributed by atoms with E-state index in [1.807, 2.05) is 37.8 Å². The predicted molar refractivity (Wildman–Crippen MR) is 226 cm³/mol. The van der Waals surface area contributed by atoms with Crippen LogP contribution in [0.25, 0.3) is 5.70 Å². The van der Waals surface area contributed by atoms with E-state index >= 15 is 0 Å². The van der Waals surface area contributed by atoms with Gasteiger partial charge in [0.15, 0.2) is 5.78 Å². The van der Waals surface area contributed by atoms with Gasteiger partial charge in [0.05, 0.1) is 0 Å². The third-order valence-electron chi connectivity index (χ3n) is 6.57. The maximum Gasteiger partial charge on any atom is -0.457 e. The molecule has 8 nitrogen and oxygen atoms in total. The monoisotopic (exact) mass is 1280 g/mol. The molecule has 0 amide bonds. The van der Waals surface area contributed by atoms with E-state index in [2.05, 4.69) is 137 Å². The number of hydrogen-bond donors (Lipinski definition) is 1. The van der Waals surface area contributed by atoms with E-state index in [-0.39, 0.29) is 35.2 Å². The Morgan fingerprint density at radius 1 is 0.977 bits per heavy atom. The van der Waals surface area contributed by atoms with E-state index in [9.17, 15) is 4.79 Å². The topological polar surface area (TPSA) is 107 Å². The molecule has 2 aliphatic rings. The first-order chi connectivity index (χ1) is 20.5. The van der Waals surface area contributed by atoms with Gasteiger partial charge in [-0.25, -0.2) is 0 Å². The van der Waals surface area contributed by atoms with Gasteiger partial charge in [-0.1, -0.05) is 12.1 Å². The molecule has 1 saturated heterocycles. The largest absolute Gasteiger partial charge is 0.457 e. The number of Topliss-reactive ketones (excluding diaryl/α,β-unsaturated/α-hetero) is 1. The number of carbonyl (C=O) groups is 1. The van der Waals surface area contributed by atoms with Crippen molar-refractivity contribution in [3.05, 3.63) is 96.3 Å². The molecule has 1 fully saturated rings. The Hall–Kier alpha value is 0.920. The van der Waals surface area contributed by atoms with Crippen LogP contribution in [0.5, 0.6) is 0 Å². The van der Waals surface area contributed by atoms with Gasteiger partial charge < -0.3 is 15.7 Å². The molecular weight excluding hydrogens is 1240 g/mol. The number of halogens is 6. The van der Waals surface area contributed by atoms with Crippen LogP contribution in [0.2, 0.25) is 0 Å². The molecule has 0 radical (unpaired) electrons. The quantitative estimate of drug-likeness (QED) is 0.152. The number of aromatic nitrogens is 3. The van der Waals surface area contributed by atoms with Crippen molar-refractivity contribution in [1.82, 2.24) is 30.1 Å². The molecule has 248 valence electrons. The molecule has 0 aliphatic carbocycles. The Morgan fingerprint density at radius 3 is 2.05 bits per heavy atom. The predicted octanol–water partition coefficient (Wildman–Crippen LogP) is 5.11. The molecule has 3 aromatic heterocycles. The van der Waals surface area contributed by atoms with Crippen molar-refractivity contribution in [2.75, 3.05) is 40.8 Å². The molecule has 1 unspecified atom stereocenters. The summed E-state index contributed by atoms with van der Waals surface area (Å²) in [5, 5.41) is 3.01. The van der Waals surface area contributed by atoms with Crippen LogP contribution < -0.4 is 18.6 Å². The average Bonchev–Trinajstić information content (AvgIpc) is 3.68. The Labute approximate surface area is 333 Å². The van der Waals surface area contributed by atoms with Gasteiger partial charge in [0.1, 0.15) is 0 Å². The molecule has 44 heavy (non-hydrogen) atoms. The van der Waals surface area contributed by atoms with Gasteiger partial charge in [-0.15, -0.1) is 24.0 Å². The number of likely N-dealkylation sites (tertiary alicyclic amines) is 1. The molecule has 4 N–H and O–H groups in total. The van der Waals surface area contributed by atoms with Gasteiger partial charge in [-0.05, 0) is 88.8 Å². The fourth-order valence-corrected chi connectivity index (χ4v) is 4.53. The first kappa shape index (κ1) is 47.0. The van der Waals surface area contributed by atoms with E-state index < -0.39 is 0 Å². The Kier molecular flexibility index (Phi) is 33.4. The zero-order chi connectivity index (χ0) is 31.0. The van der Waals surface area contributed by atoms with Crippen molar-refractivity contribution < 1.29 is 23.5 Å². The summed E-state index contributed by atoms with van der Waals surface area (Å²) in [4.78, 5) is 28.2. The van der Waals surface area contributed by atoms with Gasteiger partial charge in [-0.2, -0.15) is 0 Å². The number of ketones is 1. The van der Waals surface area contributed by atoms with Crippen molar-refractivity contribution >= 4 is 110 Å². The van der Waals surface area contributed by atoms with Crippen molar-refractivity contribution in [3.8, 4) is 0 Å². The van der Waals surface area contributed by atoms with E-state index in [1.165, 1.54) is 36.2 Å². The van der Waals surface area contributed by atoms with Gasteiger partial charge in [-0.3, -0.25) is 24.6 Å². The number of carbonyl (C=O) groups excluding carboxylic acids is 1. The van der Waals surface area contributed by atoms with E-state index in [0.29, 0.717) is 31.3 Å². The second-order valence-electron chi connectivity index (χ2n) is 9.39. The summed E-state index contributed by atoms with van der Waals surface area (Å²) in [5.41, 5.74) is 4.59. The zero-order valence-corrected chi connectivity index (χ0v) is 38.4. The van der Waals surface area contributed by atoms with Crippen LogP contribution >= 0.6 is 98.4 Å². The summed E-state index contributed by atoms with van der Waals surface area (Å²) in [5.74, 6) is 0.170. The first-order valence-corrected chi connectivity index (χ1v) is 32.4. The van der Waals surface area contributed by atoms with Crippen LogP contribution in [-0.2, 0) is 5.48 Å². The summed E-state index contributed by atoms with van der Waals surface area (Å²) < 4.78 is 0. The number of rotatable bonds is 7. The van der Waals surface area contributed by atoms with Gasteiger partial charge in [0.2, 0.25) is 0 Å². The maximum atomic E-state index is 11.5. The van der Waals surface area contributed by atoms with Crippen molar-refractivity contribution in [1.29, 1.82) is 0 Å². The van der Waals surface area contributed by atoms with Crippen LogP contribution in [0.1, 0.15) is 59.6 Å². The summed E-state index contributed by atoms with van der Waals surface area (Å²) in [6.45, 7) is 3.23. The van der Waals surface area contributed by atoms with Crippen LogP contribution in [0, 0.1) is 0 Å². The number of hydrogen-bond acceptors (Lipinski definition) is 7. The van der Waals surface area contributed by atoms with Gasteiger partial charge >= 0.3 is 50.5 Å². The number of nitrogens with zero attached hydrogens (tertiary/aromatic N) is 5. The summed E-state index contributed by atoms with van der Waals surface area (Å²) in [6.07, 6.45) is 18.3. The standard InChI is InChI=1S/C10H14N2O.C10H14N2.C10H12N2.I3.I2.HI.H2O/c1-11-6-3-5-10(13)9-4-2-7-12-8-9;2*1-12-7-3-5-10(12)9-4-2-6-11-8-9;1-3-2;1-2;;/h2,4,7-8,11H,3,5-6H2,1H3;2,4,6,8,10H,3,5,7H2,1H3;2,4-6,8H,3,7H2,1H3;;;1H;1H2/q;;;-1;;;/p+1. The van der Waals surface area contributed by atoms with Gasteiger partial charge in [0.25, 0.3) is 0 Å². The second kappa shape index (κ2) is 31.2. The Balaban J connectivity index is 0. The van der Waals surface area contributed by atoms with E-state index in [1.54, 1.807) is 30.7 Å². The molecule has 5 rings (SSSR count). The minimum Gasteiger partial charge on any atom is -0.457 e. The summed E-state index contributed by atoms with van der Waals surface area (Å²) in [7, 11) is 6.19. The van der Waals surface area contributed by atoms with Crippen LogP contribution in [0.3, 0.4) is 0 Å². The molecule has 2 aliphatic heterocycles. The van der Waals surface area contributed by atoms with Crippen molar-refractivity contribution in [3.63, 3.8) is 0 Å². The van der Waals surface area contributed by atoms with Crippen molar-refractivity contribution in [2.45, 2.75) is 38.1 Å². The average molecular weight is 1280 g/mol. The van der Waals surface area contributed by atoms with E-state index in [0.717, 1.165) is 25.9 Å². The number of pyridine rings is 3. The maximum absolute atomic E-state index is 11.5. The van der Waals surface area contributed by atoms with Gasteiger partial charge in [0, 0.05) is 117 Å². The third kappa shape index (κ3) is 19.7. The molecule has 0 saturated carbocycles. The SMILES string of the molecule is CN1CCC=C1c1cccnc1.CN1CCCC1c1cccnc1.CNCCCC(=O)c1cccnc1.I.II.I[I-]I.[OH3+]. The summed E-state index contributed by atoms with van der Waals surface area (Å²) in [6, 6.07) is 12.4. The fraction of sp³-hybridized carbons (Fsp3) is 0.400. The Bertz CT molecular complexity index is 1120. The molecule has 3 aromatic rings. The van der Waals surface area contributed by atoms with Crippen molar-refractivity contribution in [2.24, 2.45) is 0 Å². The second-order valence-corrected chi connectivity index (χ2v) is 25.6. The normalized spacial score (nSPS) is 14.8. The molecule has 0 aromatic carbocycles. The van der Waals surface area contributed by atoms with Crippen LogP contribution in [-0.4, -0.2) is 71.3 Å². The molecule has 0 bridgehead atoms. The molecule has 1 atom stereocenters. The summed E-state index contributed by atoms with van der Waals surface area (Å²) >= 11 is 9.54. The molecule has 5 heterocycles. The number of nitrogens with one attached hydrogen (secondary N) is 1. The van der Waals surface area contributed by atoms with E-state index in [4.69, 9.17) is 0 Å². The minimum atomic E-state index is 0.